The van der Waals surface area contributed by atoms with E-state index >= 15 is 0 Å². The number of nitrogens with zero attached hydrogens (tertiary/aromatic N) is 4. The summed E-state index contributed by atoms with van der Waals surface area (Å²) >= 11 is 0. The number of aromatic nitrogens is 2. The fourth-order valence-electron chi connectivity index (χ4n) is 10.9. The van der Waals surface area contributed by atoms with Crippen molar-refractivity contribution < 1.29 is 47.7 Å². The number of anilines is 4. The summed E-state index contributed by atoms with van der Waals surface area (Å²) in [6, 6.07) is 23.8. The molecule has 0 amide bonds. The van der Waals surface area contributed by atoms with Crippen LogP contribution in [0.15, 0.2) is 176 Å². The monoisotopic (exact) mass is 1240 g/mol. The van der Waals surface area contributed by atoms with Gasteiger partial charge in [-0.05, 0) is 126 Å². The van der Waals surface area contributed by atoms with Gasteiger partial charge in [0.25, 0.3) is 0 Å². The quantitative estimate of drug-likeness (QED) is 0.142. The average molecular weight is 1250 g/mol. The molecule has 80 heavy (non-hydrogen) atoms. The molecule has 1 aliphatic carbocycles. The zero-order chi connectivity index (χ0) is 69.3. The number of ether oxygens (including phenoxy) is 1. The van der Waals surface area contributed by atoms with E-state index in [-0.39, 0.29) is 131 Å². The summed E-state index contributed by atoms with van der Waals surface area (Å²) in [6.45, 7) is 27.7. The average Bonchev–Trinajstić information content (AvgIpc) is 1.32. The zero-order valence-electron chi connectivity index (χ0n) is 63.5. The third-order valence-corrected chi connectivity index (χ3v) is 15.5. The molecule has 2 aliphatic rings. The van der Waals surface area contributed by atoms with Gasteiger partial charge in [0.2, 0.25) is 0 Å². The van der Waals surface area contributed by atoms with Crippen LogP contribution in [0.5, 0.6) is 11.5 Å². The summed E-state index contributed by atoms with van der Waals surface area (Å²) in [5.41, 5.74) is 3.66. The molecule has 0 fully saturated rings. The molecular weight excluding hydrogens is 1160 g/mol. The molecule has 1 aliphatic heterocycles. The third-order valence-electron chi connectivity index (χ3n) is 15.5. The van der Waals surface area contributed by atoms with E-state index in [4.69, 9.17) is 19.3 Å². The van der Waals surface area contributed by atoms with Crippen molar-refractivity contribution >= 4 is 44.6 Å². The smallest absolute Gasteiger partial charge is 0.135 e. The minimum atomic E-state index is -0.803. The molecule has 0 saturated carbocycles. The number of hydrogen-bond acceptors (Lipinski definition) is 4. The molecule has 0 unspecified atom stereocenters. The summed E-state index contributed by atoms with van der Waals surface area (Å²) in [5, 5.41) is 0.599. The van der Waals surface area contributed by atoms with Gasteiger partial charge in [0, 0.05) is 78.0 Å². The van der Waals surface area contributed by atoms with Gasteiger partial charge < -0.3 is 19.1 Å². The molecule has 8 aromatic carbocycles. The summed E-state index contributed by atoms with van der Waals surface area (Å²) in [5.74, 6) is 0.594. The molecule has 0 bridgehead atoms. The maximum absolute atomic E-state index is 10.4. The van der Waals surface area contributed by atoms with Gasteiger partial charge in [0.05, 0.1) is 21.9 Å². The van der Waals surface area contributed by atoms with Gasteiger partial charge in [0.1, 0.15) is 5.82 Å². The Bertz CT molecular complexity index is 4930. The van der Waals surface area contributed by atoms with Crippen molar-refractivity contribution in [2.75, 3.05) is 9.80 Å². The molecule has 3 heterocycles. The standard InChI is InChI=1S/C74H73N4O.Pt/c1-70(2,3)51-26-21-25-49(39-51)58-41-52(71(4,5)6)42-59(50-33-36-61-63(40-50)74(12,13)38-37-73(61,10)11)69(58)77-47-76(65-31-19-20-32-66(65)77)53-27-22-28-54(43-53)79-55-34-35-57-56-29-17-18-30-64(56)78(67(57)44-55)68-45-62(72(7,8)9)60(46-75-68)48-23-15-14-16-24-48;/h14-36,39-42,45-47H,37-38H2,1-13H3;/q-3;/i14D,15D,16D,17D,18D,21D,23D,24D,25D,26D,29D,30D,33D,36D,39D,40D;. The van der Waals surface area contributed by atoms with E-state index in [0.717, 1.165) is 18.4 Å². The minimum absolute atomic E-state index is 0. The molecule has 0 N–H and O–H groups in total. The summed E-state index contributed by atoms with van der Waals surface area (Å²) in [4.78, 5) is 8.65. The molecule has 0 atom stereocenters. The molecule has 0 radical (unpaired) electrons. The molecule has 12 rings (SSSR count). The Hall–Kier alpha value is -7.20. The predicted molar refractivity (Wildman–Crippen MR) is 332 cm³/mol. The van der Waals surface area contributed by atoms with Crippen molar-refractivity contribution in [1.29, 1.82) is 0 Å². The first-order valence-electron chi connectivity index (χ1n) is 34.9. The van der Waals surface area contributed by atoms with Crippen molar-refractivity contribution in [3.05, 3.63) is 222 Å². The Balaban J connectivity index is 0.00000936. The van der Waals surface area contributed by atoms with Gasteiger partial charge in [-0.2, -0.15) is 12.1 Å². The van der Waals surface area contributed by atoms with Gasteiger partial charge in [0.15, 0.2) is 0 Å². The van der Waals surface area contributed by atoms with Gasteiger partial charge in [-0.15, -0.1) is 48.1 Å². The van der Waals surface area contributed by atoms with Crippen molar-refractivity contribution in [3.63, 3.8) is 0 Å². The van der Waals surface area contributed by atoms with E-state index in [1.807, 2.05) is 121 Å². The van der Waals surface area contributed by atoms with Crippen LogP contribution in [0.25, 0.3) is 61.0 Å². The van der Waals surface area contributed by atoms with Gasteiger partial charge in [-0.1, -0.05) is 198 Å². The van der Waals surface area contributed by atoms with E-state index in [1.54, 1.807) is 34.9 Å². The van der Waals surface area contributed by atoms with Crippen LogP contribution in [-0.2, 0) is 48.1 Å². The maximum Gasteiger partial charge on any atom is 0.135 e. The summed E-state index contributed by atoms with van der Waals surface area (Å²) in [6.07, 6.45) is 2.93. The number of benzene rings is 8. The zero-order valence-corrected chi connectivity index (χ0v) is 49.8. The number of fused-ring (bicyclic) bond motifs is 5. The van der Waals surface area contributed by atoms with Crippen molar-refractivity contribution in [2.24, 2.45) is 0 Å². The van der Waals surface area contributed by atoms with Crippen LogP contribution in [0.1, 0.15) is 153 Å². The minimum Gasteiger partial charge on any atom is -0.509 e. The first-order chi connectivity index (χ1) is 44.2. The molecule has 0 saturated heterocycles. The van der Waals surface area contributed by atoms with Crippen molar-refractivity contribution in [1.82, 2.24) is 9.55 Å². The third kappa shape index (κ3) is 9.88. The Morgan fingerprint density at radius 3 is 1.90 bits per heavy atom. The predicted octanol–water partition coefficient (Wildman–Crippen LogP) is 20.2. The molecule has 408 valence electrons. The number of rotatable bonds is 8. The van der Waals surface area contributed by atoms with E-state index in [9.17, 15) is 12.3 Å². The second-order valence-corrected chi connectivity index (χ2v) is 25.3. The van der Waals surface area contributed by atoms with E-state index in [0.29, 0.717) is 61.5 Å². The molecule has 5 nitrogen and oxygen atoms in total. The SMILES string of the molecule is [2H]c1c([2H])c([2H])c(-c2cnc(-n3c4[c-]c(Oc5[c-]c(N6[CH-]N(c7c(-c8c([2H])c([2H])c([2H])c(C(C)(C)C)c8[2H])cc(C(C)(C)C)cc7-c7c([2H])c([2H])c8c(c7[2H])C(C)(C)CCC8(C)C)c7ccccc76)ccc5)ccc4c4c([2H])c([2H])c([2H])c([2H])c43)cc2C(C)(C)C)c([2H])c1[2H].[Pt]. The van der Waals surface area contributed by atoms with Crippen molar-refractivity contribution in [3.8, 4) is 50.7 Å². The van der Waals surface area contributed by atoms with Crippen LogP contribution in [-0.4, -0.2) is 9.55 Å². The largest absolute Gasteiger partial charge is 0.509 e. The van der Waals surface area contributed by atoms with Crippen LogP contribution in [0.2, 0.25) is 0 Å². The Labute approximate surface area is 512 Å². The van der Waals surface area contributed by atoms with Crippen LogP contribution in [0.4, 0.5) is 22.7 Å². The first-order valence-corrected chi connectivity index (χ1v) is 26.9. The first kappa shape index (κ1) is 38.4. The molecule has 6 heteroatoms. The summed E-state index contributed by atoms with van der Waals surface area (Å²) in [7, 11) is 0. The van der Waals surface area contributed by atoms with Gasteiger partial charge in [-0.25, -0.2) is 4.98 Å². The second kappa shape index (κ2) is 20.1. The topological polar surface area (TPSA) is 33.5 Å². The summed E-state index contributed by atoms with van der Waals surface area (Å²) < 4.78 is 156. The number of para-hydroxylation sites is 3. The molecule has 2 aromatic heterocycles. The second-order valence-electron chi connectivity index (χ2n) is 25.3. The van der Waals surface area contributed by atoms with Crippen LogP contribution in [0.3, 0.4) is 0 Å². The fourth-order valence-corrected chi connectivity index (χ4v) is 10.9. The molecular formula is C74H73N4OPt-3. The van der Waals surface area contributed by atoms with E-state index in [2.05, 4.69) is 39.8 Å². The van der Waals surface area contributed by atoms with E-state index < -0.39 is 69.4 Å². The number of hydrogen-bond donors (Lipinski definition) is 0. The van der Waals surface area contributed by atoms with E-state index in [1.165, 1.54) is 6.20 Å². The Morgan fingerprint density at radius 2 is 1.20 bits per heavy atom. The number of pyridine rings is 1. The maximum atomic E-state index is 10.4. The van der Waals surface area contributed by atoms with Crippen LogP contribution < -0.4 is 14.5 Å². The Morgan fingerprint density at radius 1 is 0.562 bits per heavy atom. The molecule has 0 spiro atoms. The van der Waals surface area contributed by atoms with Gasteiger partial charge >= 0.3 is 0 Å². The molecule has 10 aromatic rings. The van der Waals surface area contributed by atoms with Gasteiger partial charge in [-0.3, -0.25) is 0 Å². The normalized spacial score (nSPS) is 17.8. The van der Waals surface area contributed by atoms with Crippen LogP contribution in [0, 0.1) is 18.8 Å². The van der Waals surface area contributed by atoms with Crippen molar-refractivity contribution in [2.45, 2.75) is 130 Å². The van der Waals surface area contributed by atoms with Crippen LogP contribution >= 0.6 is 0 Å². The fraction of sp³-hybridized carbons (Fsp3) is 0.270. The Kier molecular flexibility index (Phi) is 9.66.